The standard InChI is InChI=1S/C19H20N4O3/c1-10-8-9-13(24)11(2)17(10)23-18(20)15(19(21)25)16(22-23)12-6-4-5-7-14(12)26-3/h4-9,24H,20H2,1-3H3,(H2,21,25). The molecule has 0 atom stereocenters. The van der Waals surface area contributed by atoms with E-state index in [1.807, 2.05) is 19.1 Å². The van der Waals surface area contributed by atoms with E-state index < -0.39 is 5.91 Å². The quantitative estimate of drug-likeness (QED) is 0.667. The van der Waals surface area contributed by atoms with Gasteiger partial charge in [-0.3, -0.25) is 4.79 Å². The Balaban J connectivity index is 2.36. The van der Waals surface area contributed by atoms with E-state index in [-0.39, 0.29) is 17.1 Å². The monoisotopic (exact) mass is 352 g/mol. The molecular weight excluding hydrogens is 332 g/mol. The van der Waals surface area contributed by atoms with Gasteiger partial charge in [0, 0.05) is 11.1 Å². The maximum absolute atomic E-state index is 12.1. The lowest BCUT2D eigenvalue weighted by Crippen LogP contribution is -2.14. The van der Waals surface area contributed by atoms with Crippen LogP contribution in [0.1, 0.15) is 21.5 Å². The SMILES string of the molecule is COc1ccccc1-c1nn(-c2c(C)ccc(O)c2C)c(N)c1C(N)=O. The number of aromatic nitrogens is 2. The van der Waals surface area contributed by atoms with Crippen molar-refractivity contribution in [3.63, 3.8) is 0 Å². The van der Waals surface area contributed by atoms with E-state index in [0.717, 1.165) is 5.56 Å². The molecule has 2 aromatic carbocycles. The Morgan fingerprint density at radius 3 is 2.54 bits per heavy atom. The van der Waals surface area contributed by atoms with Crippen LogP contribution in [0.5, 0.6) is 11.5 Å². The third-order valence-corrected chi connectivity index (χ3v) is 4.35. The topological polar surface area (TPSA) is 116 Å². The number of hydrogen-bond donors (Lipinski definition) is 3. The van der Waals surface area contributed by atoms with Crippen molar-refractivity contribution in [1.29, 1.82) is 0 Å². The molecule has 0 saturated heterocycles. The van der Waals surface area contributed by atoms with Gasteiger partial charge in [0.25, 0.3) is 5.91 Å². The Morgan fingerprint density at radius 1 is 1.19 bits per heavy atom. The number of nitrogens with two attached hydrogens (primary N) is 2. The number of methoxy groups -OCH3 is 1. The number of rotatable bonds is 4. The number of aromatic hydroxyl groups is 1. The molecule has 0 spiro atoms. The van der Waals surface area contributed by atoms with Gasteiger partial charge >= 0.3 is 0 Å². The molecule has 0 aliphatic rings. The summed E-state index contributed by atoms with van der Waals surface area (Å²) in [5, 5.41) is 14.6. The maximum Gasteiger partial charge on any atom is 0.254 e. The number of amides is 1. The van der Waals surface area contributed by atoms with Crippen LogP contribution in [0.3, 0.4) is 0 Å². The van der Waals surface area contributed by atoms with E-state index in [9.17, 15) is 9.90 Å². The van der Waals surface area contributed by atoms with Crippen LogP contribution in [0.25, 0.3) is 16.9 Å². The van der Waals surface area contributed by atoms with Gasteiger partial charge < -0.3 is 21.3 Å². The Hall–Kier alpha value is -3.48. The minimum atomic E-state index is -0.690. The Bertz CT molecular complexity index is 1010. The molecule has 0 fully saturated rings. The average molecular weight is 352 g/mol. The molecule has 7 nitrogen and oxygen atoms in total. The second kappa shape index (κ2) is 6.44. The van der Waals surface area contributed by atoms with Crippen LogP contribution in [-0.4, -0.2) is 27.9 Å². The molecule has 7 heteroatoms. The van der Waals surface area contributed by atoms with Crippen LogP contribution in [0.15, 0.2) is 36.4 Å². The molecule has 26 heavy (non-hydrogen) atoms. The van der Waals surface area contributed by atoms with Crippen LogP contribution in [0.2, 0.25) is 0 Å². The number of para-hydroxylation sites is 1. The first-order valence-corrected chi connectivity index (χ1v) is 7.98. The number of phenols is 1. The summed E-state index contributed by atoms with van der Waals surface area (Å²) < 4.78 is 6.81. The van der Waals surface area contributed by atoms with Crippen molar-refractivity contribution >= 4 is 11.7 Å². The van der Waals surface area contributed by atoms with Crippen LogP contribution in [-0.2, 0) is 0 Å². The second-order valence-electron chi connectivity index (χ2n) is 5.96. The predicted octanol–water partition coefficient (Wildman–Crippen LogP) is 2.55. The molecule has 3 rings (SSSR count). The Kier molecular flexibility index (Phi) is 4.29. The zero-order valence-corrected chi connectivity index (χ0v) is 14.8. The van der Waals surface area contributed by atoms with E-state index in [2.05, 4.69) is 5.10 Å². The molecule has 0 aliphatic heterocycles. The number of anilines is 1. The number of hydrogen-bond acceptors (Lipinski definition) is 5. The fourth-order valence-corrected chi connectivity index (χ4v) is 3.02. The zero-order valence-electron chi connectivity index (χ0n) is 14.8. The summed E-state index contributed by atoms with van der Waals surface area (Å²) in [6, 6.07) is 10.5. The number of ether oxygens (including phenoxy) is 1. The molecule has 1 amide bonds. The minimum absolute atomic E-state index is 0.107. The van der Waals surface area contributed by atoms with E-state index in [4.69, 9.17) is 16.2 Å². The van der Waals surface area contributed by atoms with E-state index in [0.29, 0.717) is 28.3 Å². The third kappa shape index (κ3) is 2.63. The van der Waals surface area contributed by atoms with Gasteiger partial charge in [-0.2, -0.15) is 5.10 Å². The van der Waals surface area contributed by atoms with Gasteiger partial charge in [0.05, 0.1) is 12.8 Å². The molecule has 1 heterocycles. The molecule has 0 unspecified atom stereocenters. The smallest absolute Gasteiger partial charge is 0.254 e. The van der Waals surface area contributed by atoms with Crippen molar-refractivity contribution in [2.45, 2.75) is 13.8 Å². The van der Waals surface area contributed by atoms with Crippen LogP contribution < -0.4 is 16.2 Å². The van der Waals surface area contributed by atoms with Gasteiger partial charge in [0.15, 0.2) is 0 Å². The summed E-state index contributed by atoms with van der Waals surface area (Å²) in [7, 11) is 1.53. The molecule has 1 aromatic heterocycles. The van der Waals surface area contributed by atoms with E-state index in [1.54, 1.807) is 31.2 Å². The number of nitrogen functional groups attached to an aromatic ring is 1. The molecule has 0 aliphatic carbocycles. The Morgan fingerprint density at radius 2 is 1.88 bits per heavy atom. The van der Waals surface area contributed by atoms with Crippen molar-refractivity contribution in [3.8, 4) is 28.4 Å². The van der Waals surface area contributed by atoms with Crippen LogP contribution >= 0.6 is 0 Å². The Labute approximate surface area is 150 Å². The minimum Gasteiger partial charge on any atom is -0.508 e. The fraction of sp³-hybridized carbons (Fsp3) is 0.158. The number of benzene rings is 2. The fourth-order valence-electron chi connectivity index (χ4n) is 3.02. The lowest BCUT2D eigenvalue weighted by atomic mass is 10.1. The summed E-state index contributed by atoms with van der Waals surface area (Å²) in [6.45, 7) is 3.63. The van der Waals surface area contributed by atoms with Crippen LogP contribution in [0, 0.1) is 13.8 Å². The second-order valence-corrected chi connectivity index (χ2v) is 5.96. The first kappa shape index (κ1) is 17.3. The molecule has 0 saturated carbocycles. The van der Waals surface area contributed by atoms with Gasteiger partial charge in [-0.05, 0) is 37.6 Å². The predicted molar refractivity (Wildman–Crippen MR) is 99.6 cm³/mol. The lowest BCUT2D eigenvalue weighted by molar-refractivity contribution is 0.100. The van der Waals surface area contributed by atoms with Crippen molar-refractivity contribution < 1.29 is 14.6 Å². The van der Waals surface area contributed by atoms with Crippen molar-refractivity contribution in [1.82, 2.24) is 9.78 Å². The lowest BCUT2D eigenvalue weighted by Gasteiger charge is -2.12. The van der Waals surface area contributed by atoms with Crippen molar-refractivity contribution in [2.24, 2.45) is 5.73 Å². The summed E-state index contributed by atoms with van der Waals surface area (Å²) in [5.74, 6) is 0.0734. The number of aryl methyl sites for hydroxylation is 1. The molecule has 0 bridgehead atoms. The molecule has 5 N–H and O–H groups in total. The first-order chi connectivity index (χ1) is 12.4. The van der Waals surface area contributed by atoms with Gasteiger partial charge in [-0.1, -0.05) is 18.2 Å². The largest absolute Gasteiger partial charge is 0.508 e. The summed E-state index contributed by atoms with van der Waals surface area (Å²) in [5.41, 5.74) is 14.9. The number of carbonyl (C=O) groups excluding carboxylic acids is 1. The number of primary amides is 1. The number of carbonyl (C=O) groups is 1. The highest BCUT2D eigenvalue weighted by atomic mass is 16.5. The van der Waals surface area contributed by atoms with Gasteiger partial charge in [-0.15, -0.1) is 0 Å². The zero-order chi connectivity index (χ0) is 19.0. The highest BCUT2D eigenvalue weighted by molar-refractivity contribution is 6.04. The third-order valence-electron chi connectivity index (χ3n) is 4.35. The highest BCUT2D eigenvalue weighted by Gasteiger charge is 2.25. The van der Waals surface area contributed by atoms with E-state index >= 15 is 0 Å². The van der Waals surface area contributed by atoms with Crippen molar-refractivity contribution in [3.05, 3.63) is 53.1 Å². The molecule has 134 valence electrons. The van der Waals surface area contributed by atoms with E-state index in [1.165, 1.54) is 11.8 Å². The summed E-state index contributed by atoms with van der Waals surface area (Å²) >= 11 is 0. The maximum atomic E-state index is 12.1. The molecule has 3 aromatic rings. The highest BCUT2D eigenvalue weighted by Crippen LogP contribution is 2.36. The van der Waals surface area contributed by atoms with Gasteiger partial charge in [0.2, 0.25) is 0 Å². The molecular formula is C19H20N4O3. The van der Waals surface area contributed by atoms with Gasteiger partial charge in [-0.25, -0.2) is 4.68 Å². The summed E-state index contributed by atoms with van der Waals surface area (Å²) in [4.78, 5) is 12.1. The normalized spacial score (nSPS) is 10.7. The molecule has 0 radical (unpaired) electrons. The van der Waals surface area contributed by atoms with Gasteiger partial charge in [0.1, 0.15) is 28.6 Å². The summed E-state index contributed by atoms with van der Waals surface area (Å²) in [6.07, 6.45) is 0. The first-order valence-electron chi connectivity index (χ1n) is 7.98. The number of phenolic OH excluding ortho intramolecular Hbond substituents is 1. The van der Waals surface area contributed by atoms with Crippen molar-refractivity contribution in [2.75, 3.05) is 12.8 Å². The van der Waals surface area contributed by atoms with Crippen LogP contribution in [0.4, 0.5) is 5.82 Å². The average Bonchev–Trinajstić information content (AvgIpc) is 2.96. The number of nitrogens with zero attached hydrogens (tertiary/aromatic N) is 2.